The quantitative estimate of drug-likeness (QED) is 0.627. The minimum atomic E-state index is -0.483. The number of halogens is 1. The summed E-state index contributed by atoms with van der Waals surface area (Å²) in [6, 6.07) is 10.9. The second-order valence-electron chi connectivity index (χ2n) is 3.43. The van der Waals surface area contributed by atoms with Crippen LogP contribution in [0, 0.1) is 3.57 Å². The van der Waals surface area contributed by atoms with Gasteiger partial charge < -0.3 is 9.47 Å². The maximum atomic E-state index is 11.3. The number of nitrogens with zero attached hydrogens (tertiary/aromatic N) is 1. The molecule has 2 aromatic rings. The lowest BCUT2D eigenvalue weighted by Crippen LogP contribution is -2.03. The number of rotatable bonds is 3. The molecule has 5 heteroatoms. The fraction of sp³-hybridized carbons (Fsp3) is 0.0769. The molecule has 0 atom stereocenters. The number of carbonyl (C=O) groups is 1. The van der Waals surface area contributed by atoms with E-state index in [4.69, 9.17) is 4.74 Å². The molecule has 1 aromatic carbocycles. The highest BCUT2D eigenvalue weighted by molar-refractivity contribution is 14.1. The summed E-state index contributed by atoms with van der Waals surface area (Å²) in [5.41, 5.74) is 0.223. The first-order chi connectivity index (χ1) is 8.69. The van der Waals surface area contributed by atoms with Crippen LogP contribution in [0.4, 0.5) is 0 Å². The van der Waals surface area contributed by atoms with Gasteiger partial charge in [0.2, 0.25) is 0 Å². The van der Waals surface area contributed by atoms with Gasteiger partial charge in [-0.1, -0.05) is 6.07 Å². The normalized spacial score (nSPS) is 9.89. The largest absolute Gasteiger partial charge is 0.464 e. The molecule has 0 bridgehead atoms. The SMILES string of the molecule is COC(=O)c1cc(Oc2cccc(I)c2)ccn1. The second-order valence-corrected chi connectivity index (χ2v) is 4.67. The van der Waals surface area contributed by atoms with E-state index >= 15 is 0 Å². The highest BCUT2D eigenvalue weighted by atomic mass is 127. The summed E-state index contributed by atoms with van der Waals surface area (Å²) in [5, 5.41) is 0. The highest BCUT2D eigenvalue weighted by Crippen LogP contribution is 2.23. The molecule has 1 heterocycles. The van der Waals surface area contributed by atoms with Gasteiger partial charge in [0.15, 0.2) is 5.69 Å². The Morgan fingerprint density at radius 2 is 2.00 bits per heavy atom. The molecule has 0 amide bonds. The Kier molecular flexibility index (Phi) is 4.14. The predicted molar refractivity (Wildman–Crippen MR) is 74.8 cm³/mol. The molecule has 0 N–H and O–H groups in total. The minimum Gasteiger partial charge on any atom is -0.464 e. The van der Waals surface area contributed by atoms with Crippen LogP contribution in [0.25, 0.3) is 0 Å². The minimum absolute atomic E-state index is 0.223. The van der Waals surface area contributed by atoms with Crippen molar-refractivity contribution in [3.63, 3.8) is 0 Å². The molecule has 0 fully saturated rings. The summed E-state index contributed by atoms with van der Waals surface area (Å²) >= 11 is 2.21. The van der Waals surface area contributed by atoms with Crippen LogP contribution in [0.15, 0.2) is 42.6 Å². The maximum Gasteiger partial charge on any atom is 0.356 e. The Bertz CT molecular complexity index is 572. The Labute approximate surface area is 118 Å². The Morgan fingerprint density at radius 3 is 2.72 bits per heavy atom. The van der Waals surface area contributed by atoms with Crippen LogP contribution < -0.4 is 4.74 Å². The molecular formula is C13H10INO3. The van der Waals surface area contributed by atoms with Gasteiger partial charge in [0.25, 0.3) is 0 Å². The van der Waals surface area contributed by atoms with Gasteiger partial charge in [0.1, 0.15) is 11.5 Å². The van der Waals surface area contributed by atoms with Crippen LogP contribution >= 0.6 is 22.6 Å². The summed E-state index contributed by atoms with van der Waals surface area (Å²) in [4.78, 5) is 15.2. The molecule has 18 heavy (non-hydrogen) atoms. The van der Waals surface area contributed by atoms with Gasteiger partial charge >= 0.3 is 5.97 Å². The first kappa shape index (κ1) is 12.8. The number of carbonyl (C=O) groups excluding carboxylic acids is 1. The second kappa shape index (κ2) is 5.81. The van der Waals surface area contributed by atoms with Crippen LogP contribution in [-0.4, -0.2) is 18.1 Å². The van der Waals surface area contributed by atoms with Crippen molar-refractivity contribution in [2.45, 2.75) is 0 Å². The molecule has 0 spiro atoms. The number of esters is 1. The number of aromatic nitrogens is 1. The van der Waals surface area contributed by atoms with Gasteiger partial charge in [0, 0.05) is 15.8 Å². The van der Waals surface area contributed by atoms with E-state index in [0.717, 1.165) is 3.57 Å². The summed E-state index contributed by atoms with van der Waals surface area (Å²) in [6.45, 7) is 0. The molecule has 0 saturated carbocycles. The number of methoxy groups -OCH3 is 1. The molecule has 0 saturated heterocycles. The molecule has 4 nitrogen and oxygen atoms in total. The van der Waals surface area contributed by atoms with E-state index in [2.05, 4.69) is 32.3 Å². The third-order valence-electron chi connectivity index (χ3n) is 2.16. The van der Waals surface area contributed by atoms with E-state index in [-0.39, 0.29) is 5.69 Å². The standard InChI is InChI=1S/C13H10INO3/c1-17-13(16)12-8-11(5-6-15-12)18-10-4-2-3-9(14)7-10/h2-8H,1H3. The van der Waals surface area contributed by atoms with E-state index < -0.39 is 5.97 Å². The lowest BCUT2D eigenvalue weighted by atomic mass is 10.3. The molecular weight excluding hydrogens is 345 g/mol. The molecule has 0 aliphatic carbocycles. The van der Waals surface area contributed by atoms with Crippen molar-refractivity contribution in [1.29, 1.82) is 0 Å². The fourth-order valence-electron chi connectivity index (χ4n) is 1.36. The van der Waals surface area contributed by atoms with Crippen molar-refractivity contribution >= 4 is 28.6 Å². The van der Waals surface area contributed by atoms with Gasteiger partial charge in [-0.15, -0.1) is 0 Å². The van der Waals surface area contributed by atoms with Crippen molar-refractivity contribution < 1.29 is 14.3 Å². The average molecular weight is 355 g/mol. The first-order valence-corrected chi connectivity index (χ1v) is 6.25. The van der Waals surface area contributed by atoms with Crippen molar-refractivity contribution in [3.8, 4) is 11.5 Å². The van der Waals surface area contributed by atoms with Gasteiger partial charge in [0.05, 0.1) is 7.11 Å². The zero-order valence-electron chi connectivity index (χ0n) is 9.59. The number of pyridine rings is 1. The smallest absolute Gasteiger partial charge is 0.356 e. The molecule has 0 unspecified atom stereocenters. The van der Waals surface area contributed by atoms with Gasteiger partial charge in [-0.2, -0.15) is 0 Å². The zero-order valence-corrected chi connectivity index (χ0v) is 11.7. The van der Waals surface area contributed by atoms with E-state index in [0.29, 0.717) is 11.5 Å². The lowest BCUT2D eigenvalue weighted by Gasteiger charge is -2.06. The predicted octanol–water partition coefficient (Wildman–Crippen LogP) is 3.27. The monoisotopic (exact) mass is 355 g/mol. The highest BCUT2D eigenvalue weighted by Gasteiger charge is 2.08. The van der Waals surface area contributed by atoms with E-state index in [1.807, 2.05) is 24.3 Å². The fourth-order valence-corrected chi connectivity index (χ4v) is 1.87. The average Bonchev–Trinajstić information content (AvgIpc) is 2.38. The molecule has 92 valence electrons. The summed E-state index contributed by atoms with van der Waals surface area (Å²) in [7, 11) is 1.32. The van der Waals surface area contributed by atoms with Crippen molar-refractivity contribution in [2.24, 2.45) is 0 Å². The topological polar surface area (TPSA) is 48.4 Å². The van der Waals surface area contributed by atoms with Crippen LogP contribution in [0.2, 0.25) is 0 Å². The number of benzene rings is 1. The Morgan fingerprint density at radius 1 is 1.22 bits per heavy atom. The zero-order chi connectivity index (χ0) is 13.0. The van der Waals surface area contributed by atoms with E-state index in [1.165, 1.54) is 13.3 Å². The van der Waals surface area contributed by atoms with Crippen LogP contribution in [0.1, 0.15) is 10.5 Å². The Hall–Kier alpha value is -1.63. The molecule has 0 radical (unpaired) electrons. The van der Waals surface area contributed by atoms with Crippen molar-refractivity contribution in [2.75, 3.05) is 7.11 Å². The maximum absolute atomic E-state index is 11.3. The van der Waals surface area contributed by atoms with Gasteiger partial charge in [-0.25, -0.2) is 9.78 Å². The third-order valence-corrected chi connectivity index (χ3v) is 2.83. The van der Waals surface area contributed by atoms with Crippen LogP contribution in [0.5, 0.6) is 11.5 Å². The summed E-state index contributed by atoms with van der Waals surface area (Å²) in [6.07, 6.45) is 1.51. The van der Waals surface area contributed by atoms with Gasteiger partial charge in [-0.05, 0) is 46.9 Å². The Balaban J connectivity index is 2.22. The van der Waals surface area contributed by atoms with Crippen molar-refractivity contribution in [3.05, 3.63) is 51.9 Å². The molecule has 1 aromatic heterocycles. The van der Waals surface area contributed by atoms with Crippen molar-refractivity contribution in [1.82, 2.24) is 4.98 Å². The van der Waals surface area contributed by atoms with Gasteiger partial charge in [-0.3, -0.25) is 0 Å². The number of hydrogen-bond acceptors (Lipinski definition) is 4. The third kappa shape index (κ3) is 3.19. The number of hydrogen-bond donors (Lipinski definition) is 0. The molecule has 0 aliphatic rings. The summed E-state index contributed by atoms with van der Waals surface area (Å²) < 4.78 is 11.3. The van der Waals surface area contributed by atoms with E-state index in [9.17, 15) is 4.79 Å². The summed E-state index contributed by atoms with van der Waals surface area (Å²) in [5.74, 6) is 0.777. The first-order valence-electron chi connectivity index (χ1n) is 5.17. The lowest BCUT2D eigenvalue weighted by molar-refractivity contribution is 0.0593. The number of ether oxygens (including phenoxy) is 2. The van der Waals surface area contributed by atoms with E-state index in [1.54, 1.807) is 12.1 Å². The van der Waals surface area contributed by atoms with Crippen LogP contribution in [-0.2, 0) is 4.74 Å². The van der Waals surface area contributed by atoms with Crippen LogP contribution in [0.3, 0.4) is 0 Å². The molecule has 0 aliphatic heterocycles. The molecule has 2 rings (SSSR count).